The maximum atomic E-state index is 12.5. The summed E-state index contributed by atoms with van der Waals surface area (Å²) in [6, 6.07) is 7.66. The quantitative estimate of drug-likeness (QED) is 0.765. The minimum absolute atomic E-state index is 0.277. The smallest absolute Gasteiger partial charge is 0.322 e. The molecule has 0 fully saturated rings. The molecule has 122 valence electrons. The number of rotatable bonds is 2. The Morgan fingerprint density at radius 3 is 2.50 bits per heavy atom. The number of fused-ring (bicyclic) bond motifs is 1. The van der Waals surface area contributed by atoms with Crippen LogP contribution in [0.5, 0.6) is 0 Å². The van der Waals surface area contributed by atoms with Crippen LogP contribution in [0.2, 0.25) is 0 Å². The first kappa shape index (κ1) is 15.9. The van der Waals surface area contributed by atoms with Gasteiger partial charge in [-0.05, 0) is 43.3 Å². The Bertz CT molecular complexity index is 905. The number of alkyl halides is 3. The van der Waals surface area contributed by atoms with Gasteiger partial charge >= 0.3 is 6.18 Å². The molecule has 0 saturated heterocycles. The van der Waals surface area contributed by atoms with Gasteiger partial charge in [0.25, 0.3) is 5.91 Å². The molecule has 0 aliphatic rings. The van der Waals surface area contributed by atoms with E-state index in [2.05, 4.69) is 15.3 Å². The van der Waals surface area contributed by atoms with Crippen molar-refractivity contribution in [3.05, 3.63) is 65.6 Å². The molecule has 1 amide bonds. The van der Waals surface area contributed by atoms with Gasteiger partial charge < -0.3 is 5.32 Å². The summed E-state index contributed by atoms with van der Waals surface area (Å²) in [4.78, 5) is 20.7. The van der Waals surface area contributed by atoms with Crippen LogP contribution >= 0.6 is 0 Å². The van der Waals surface area contributed by atoms with E-state index in [1.165, 1.54) is 12.1 Å². The van der Waals surface area contributed by atoms with E-state index in [-0.39, 0.29) is 5.69 Å². The fraction of sp³-hybridized carbons (Fsp3) is 0.118. The molecule has 1 N–H and O–H groups in total. The number of halogens is 3. The normalized spacial score (nSPS) is 11.5. The predicted molar refractivity (Wildman–Crippen MR) is 83.7 cm³/mol. The lowest BCUT2D eigenvalue weighted by Gasteiger charge is -2.10. The van der Waals surface area contributed by atoms with E-state index in [9.17, 15) is 18.0 Å². The fourth-order valence-corrected chi connectivity index (χ4v) is 2.28. The molecule has 24 heavy (non-hydrogen) atoms. The van der Waals surface area contributed by atoms with Crippen molar-refractivity contribution >= 4 is 22.5 Å². The first-order valence-electron chi connectivity index (χ1n) is 7.04. The number of nitrogens with zero attached hydrogens (tertiary/aromatic N) is 2. The fourth-order valence-electron chi connectivity index (χ4n) is 2.28. The van der Waals surface area contributed by atoms with Crippen molar-refractivity contribution in [2.45, 2.75) is 13.1 Å². The number of amides is 1. The second kappa shape index (κ2) is 5.92. The average Bonchev–Trinajstić information content (AvgIpc) is 2.53. The molecule has 1 aromatic carbocycles. The van der Waals surface area contributed by atoms with Crippen LogP contribution in [-0.2, 0) is 6.18 Å². The zero-order valence-corrected chi connectivity index (χ0v) is 12.6. The van der Waals surface area contributed by atoms with E-state index < -0.39 is 17.6 Å². The van der Waals surface area contributed by atoms with Gasteiger partial charge in [-0.15, -0.1) is 0 Å². The van der Waals surface area contributed by atoms with Crippen LogP contribution in [0.1, 0.15) is 21.6 Å². The van der Waals surface area contributed by atoms with Crippen LogP contribution in [-0.4, -0.2) is 15.9 Å². The van der Waals surface area contributed by atoms with Crippen molar-refractivity contribution < 1.29 is 18.0 Å². The Hall–Kier alpha value is -2.96. The molecule has 2 aromatic heterocycles. The van der Waals surface area contributed by atoms with Crippen LogP contribution in [0.4, 0.5) is 18.9 Å². The number of aromatic nitrogens is 2. The first-order chi connectivity index (χ1) is 11.3. The molecule has 7 heteroatoms. The minimum Gasteiger partial charge on any atom is -0.322 e. The Kier molecular flexibility index (Phi) is 3.92. The van der Waals surface area contributed by atoms with E-state index in [0.29, 0.717) is 22.2 Å². The molecule has 3 aromatic rings. The van der Waals surface area contributed by atoms with Gasteiger partial charge in [0.15, 0.2) is 0 Å². The average molecular weight is 331 g/mol. The molecule has 0 aliphatic heterocycles. The van der Waals surface area contributed by atoms with Crippen LogP contribution < -0.4 is 5.32 Å². The van der Waals surface area contributed by atoms with Gasteiger partial charge in [-0.2, -0.15) is 13.2 Å². The molecular formula is C17H12F3N3O. The highest BCUT2D eigenvalue weighted by molar-refractivity contribution is 6.06. The summed E-state index contributed by atoms with van der Waals surface area (Å²) in [5.41, 5.74) is 1.09. The van der Waals surface area contributed by atoms with Crippen molar-refractivity contribution in [2.24, 2.45) is 0 Å². The number of carbonyl (C=O) groups is 1. The molecule has 0 radical (unpaired) electrons. The van der Waals surface area contributed by atoms with Crippen molar-refractivity contribution in [2.75, 3.05) is 5.32 Å². The van der Waals surface area contributed by atoms with E-state index in [0.717, 1.165) is 12.1 Å². The highest BCUT2D eigenvalue weighted by atomic mass is 19.4. The zero-order valence-electron chi connectivity index (χ0n) is 12.6. The summed E-state index contributed by atoms with van der Waals surface area (Å²) < 4.78 is 37.6. The maximum Gasteiger partial charge on any atom is 0.416 e. The third-order valence-electron chi connectivity index (χ3n) is 3.52. The van der Waals surface area contributed by atoms with E-state index in [4.69, 9.17) is 0 Å². The molecule has 0 unspecified atom stereocenters. The van der Waals surface area contributed by atoms with Gasteiger partial charge in [0, 0.05) is 23.5 Å². The first-order valence-corrected chi connectivity index (χ1v) is 7.04. The molecule has 0 saturated carbocycles. The molecule has 0 bridgehead atoms. The predicted octanol–water partition coefficient (Wildman–Crippen LogP) is 4.21. The lowest BCUT2D eigenvalue weighted by Crippen LogP contribution is -2.14. The van der Waals surface area contributed by atoms with Gasteiger partial charge in [0.1, 0.15) is 0 Å². The van der Waals surface area contributed by atoms with E-state index >= 15 is 0 Å². The van der Waals surface area contributed by atoms with E-state index in [1.54, 1.807) is 31.5 Å². The number of hydrogen-bond donors (Lipinski definition) is 1. The molecule has 4 nitrogen and oxygen atoms in total. The monoisotopic (exact) mass is 331 g/mol. The maximum absolute atomic E-state index is 12.5. The van der Waals surface area contributed by atoms with Crippen molar-refractivity contribution in [1.29, 1.82) is 0 Å². The number of pyridine rings is 2. The van der Waals surface area contributed by atoms with Gasteiger partial charge in [-0.1, -0.05) is 0 Å². The number of anilines is 1. The van der Waals surface area contributed by atoms with Gasteiger partial charge in [-0.3, -0.25) is 14.8 Å². The second-order valence-corrected chi connectivity index (χ2v) is 5.22. The summed E-state index contributed by atoms with van der Waals surface area (Å²) >= 11 is 0. The molecule has 0 spiro atoms. The summed E-state index contributed by atoms with van der Waals surface area (Å²) in [7, 11) is 0. The van der Waals surface area contributed by atoms with Crippen LogP contribution in [0, 0.1) is 6.92 Å². The van der Waals surface area contributed by atoms with Crippen LogP contribution in [0.15, 0.2) is 48.8 Å². The Balaban J connectivity index is 1.86. The zero-order chi connectivity index (χ0) is 17.3. The number of hydrogen-bond acceptors (Lipinski definition) is 3. The third-order valence-corrected chi connectivity index (χ3v) is 3.52. The summed E-state index contributed by atoms with van der Waals surface area (Å²) in [5, 5.41) is 3.28. The molecular weight excluding hydrogens is 319 g/mol. The molecule has 2 heterocycles. The number of aryl methyl sites for hydroxylation is 1. The van der Waals surface area contributed by atoms with Gasteiger partial charge in [0.05, 0.1) is 22.3 Å². The van der Waals surface area contributed by atoms with Crippen molar-refractivity contribution in [3.8, 4) is 0 Å². The second-order valence-electron chi connectivity index (χ2n) is 5.22. The summed E-state index contributed by atoms with van der Waals surface area (Å²) in [6.07, 6.45) is -1.21. The molecule has 0 aliphatic carbocycles. The van der Waals surface area contributed by atoms with E-state index in [1.807, 2.05) is 0 Å². The standard InChI is InChI=1S/C17H12F3N3O/c1-10-14(8-11-9-21-7-6-15(11)22-10)16(24)23-13-4-2-12(3-5-13)17(18,19)20/h2-9H,1H3,(H,23,24). The lowest BCUT2D eigenvalue weighted by atomic mass is 10.1. The number of nitrogens with one attached hydrogen (secondary N) is 1. The Morgan fingerprint density at radius 1 is 1.12 bits per heavy atom. The number of benzene rings is 1. The highest BCUT2D eigenvalue weighted by Crippen LogP contribution is 2.30. The summed E-state index contributed by atoms with van der Waals surface area (Å²) in [5.74, 6) is -0.439. The SMILES string of the molecule is Cc1nc2ccncc2cc1C(=O)Nc1ccc(C(F)(F)F)cc1. The third kappa shape index (κ3) is 3.19. The minimum atomic E-state index is -4.41. The topological polar surface area (TPSA) is 54.9 Å². The van der Waals surface area contributed by atoms with Gasteiger partial charge in [-0.25, -0.2) is 0 Å². The van der Waals surface area contributed by atoms with Crippen LogP contribution in [0.25, 0.3) is 10.9 Å². The van der Waals surface area contributed by atoms with Gasteiger partial charge in [0.2, 0.25) is 0 Å². The van der Waals surface area contributed by atoms with Crippen LogP contribution in [0.3, 0.4) is 0 Å². The van der Waals surface area contributed by atoms with Crippen molar-refractivity contribution in [3.63, 3.8) is 0 Å². The Morgan fingerprint density at radius 2 is 1.83 bits per heavy atom. The molecule has 0 atom stereocenters. The lowest BCUT2D eigenvalue weighted by molar-refractivity contribution is -0.137. The number of carbonyl (C=O) groups excluding carboxylic acids is 1. The summed E-state index contributed by atoms with van der Waals surface area (Å²) in [6.45, 7) is 1.70. The largest absolute Gasteiger partial charge is 0.416 e. The molecule has 3 rings (SSSR count). The van der Waals surface area contributed by atoms with Crippen molar-refractivity contribution in [1.82, 2.24) is 9.97 Å². The Labute approximate surface area is 135 Å². The highest BCUT2D eigenvalue weighted by Gasteiger charge is 2.30.